The van der Waals surface area contributed by atoms with Gasteiger partial charge in [-0.3, -0.25) is 4.99 Å². The maximum Gasteiger partial charge on any atom is 0.193 e. The fraction of sp³-hybridized carbons (Fsp3) is 0.368. The molecule has 2 heterocycles. The maximum absolute atomic E-state index is 12.4. The molecule has 152 valence electrons. The molecule has 0 atom stereocenters. The molecule has 3 rings (SSSR count). The van der Waals surface area contributed by atoms with Crippen molar-refractivity contribution in [2.45, 2.75) is 4.90 Å². The lowest BCUT2D eigenvalue weighted by Gasteiger charge is -2.37. The number of anilines is 1. The van der Waals surface area contributed by atoms with Crippen LogP contribution in [0.4, 0.5) is 5.82 Å². The highest BCUT2D eigenvalue weighted by Crippen LogP contribution is 2.13. The van der Waals surface area contributed by atoms with Gasteiger partial charge in [-0.25, -0.2) is 13.4 Å². The number of aromatic nitrogens is 1. The Hall–Kier alpha value is -1.88. The zero-order chi connectivity index (χ0) is 19.1. The monoisotopic (exact) mass is 515 g/mol. The van der Waals surface area contributed by atoms with E-state index in [1.54, 1.807) is 37.5 Å². The second-order valence-electron chi connectivity index (χ2n) is 6.27. The van der Waals surface area contributed by atoms with Crippen LogP contribution >= 0.6 is 24.0 Å². The van der Waals surface area contributed by atoms with Gasteiger partial charge in [-0.1, -0.05) is 24.3 Å². The quantitative estimate of drug-likeness (QED) is 0.372. The summed E-state index contributed by atoms with van der Waals surface area (Å²) in [7, 11) is -1.57. The molecule has 0 amide bonds. The molecule has 1 aromatic carbocycles. The van der Waals surface area contributed by atoms with E-state index in [0.717, 1.165) is 38.0 Å². The molecule has 1 aromatic heterocycles. The van der Waals surface area contributed by atoms with E-state index in [2.05, 4.69) is 25.1 Å². The van der Waals surface area contributed by atoms with Crippen LogP contribution in [0.25, 0.3) is 0 Å². The van der Waals surface area contributed by atoms with Crippen molar-refractivity contribution in [2.75, 3.05) is 50.4 Å². The van der Waals surface area contributed by atoms with Gasteiger partial charge in [0.15, 0.2) is 15.8 Å². The van der Waals surface area contributed by atoms with Crippen LogP contribution in [0.1, 0.15) is 0 Å². The molecule has 0 radical (unpaired) electrons. The van der Waals surface area contributed by atoms with Crippen molar-refractivity contribution < 1.29 is 8.42 Å². The summed E-state index contributed by atoms with van der Waals surface area (Å²) in [5.41, 5.74) is 0. The summed E-state index contributed by atoms with van der Waals surface area (Å²) in [6.07, 6.45) is 1.80. The lowest BCUT2D eigenvalue weighted by atomic mass is 10.3. The van der Waals surface area contributed by atoms with Gasteiger partial charge in [0, 0.05) is 46.0 Å². The standard InChI is InChI=1S/C19H25N5O2S.HI/c1-20-19(22-11-16-27(25,26)17-7-3-2-4-8-17)24-14-12-23(13-15-24)18-9-5-6-10-21-18;/h2-10H,11-16H2,1H3,(H,20,22);1H. The molecule has 0 saturated carbocycles. The van der Waals surface area contributed by atoms with E-state index < -0.39 is 9.84 Å². The number of nitrogens with zero attached hydrogens (tertiary/aromatic N) is 4. The Morgan fingerprint density at radius 2 is 1.75 bits per heavy atom. The lowest BCUT2D eigenvalue weighted by Crippen LogP contribution is -2.53. The highest BCUT2D eigenvalue weighted by atomic mass is 127. The molecule has 7 nitrogen and oxygen atoms in total. The van der Waals surface area contributed by atoms with Crippen LogP contribution in [-0.2, 0) is 9.84 Å². The van der Waals surface area contributed by atoms with E-state index in [9.17, 15) is 8.42 Å². The van der Waals surface area contributed by atoms with Crippen molar-refractivity contribution >= 4 is 45.6 Å². The van der Waals surface area contributed by atoms with Gasteiger partial charge >= 0.3 is 0 Å². The topological polar surface area (TPSA) is 77.9 Å². The molecule has 1 aliphatic heterocycles. The molecule has 0 spiro atoms. The molecular formula is C19H26IN5O2S. The summed E-state index contributed by atoms with van der Waals surface area (Å²) < 4.78 is 24.7. The van der Waals surface area contributed by atoms with Crippen molar-refractivity contribution in [1.82, 2.24) is 15.2 Å². The van der Waals surface area contributed by atoms with Gasteiger partial charge < -0.3 is 15.1 Å². The zero-order valence-corrected chi connectivity index (χ0v) is 19.0. The third kappa shape index (κ3) is 5.81. The van der Waals surface area contributed by atoms with E-state index in [1.807, 2.05) is 24.3 Å². The summed E-state index contributed by atoms with van der Waals surface area (Å²) in [6, 6.07) is 14.4. The Bertz CT molecular complexity index is 854. The van der Waals surface area contributed by atoms with Crippen LogP contribution in [0.2, 0.25) is 0 Å². The number of hydrogen-bond donors (Lipinski definition) is 1. The highest BCUT2D eigenvalue weighted by molar-refractivity contribution is 14.0. The number of sulfone groups is 1. The van der Waals surface area contributed by atoms with Crippen molar-refractivity contribution in [3.63, 3.8) is 0 Å². The Kier molecular flexibility index (Phi) is 8.49. The number of halogens is 1. The molecule has 1 N–H and O–H groups in total. The molecule has 1 aliphatic rings. The van der Waals surface area contributed by atoms with Crippen molar-refractivity contribution in [3.05, 3.63) is 54.7 Å². The van der Waals surface area contributed by atoms with Crippen LogP contribution in [0.3, 0.4) is 0 Å². The molecule has 28 heavy (non-hydrogen) atoms. The Morgan fingerprint density at radius 1 is 1.07 bits per heavy atom. The molecule has 2 aromatic rings. The van der Waals surface area contributed by atoms with Gasteiger partial charge in [0.2, 0.25) is 0 Å². The molecule has 9 heteroatoms. The predicted molar refractivity (Wildman–Crippen MR) is 123 cm³/mol. The third-order valence-corrected chi connectivity index (χ3v) is 6.25. The first-order valence-electron chi connectivity index (χ1n) is 8.99. The summed E-state index contributed by atoms with van der Waals surface area (Å²) in [5.74, 6) is 1.75. The van der Waals surface area contributed by atoms with Gasteiger partial charge in [0.05, 0.1) is 10.6 Å². The molecule has 0 aliphatic carbocycles. The van der Waals surface area contributed by atoms with Crippen LogP contribution in [0, 0.1) is 0 Å². The average Bonchev–Trinajstić information content (AvgIpc) is 2.73. The van der Waals surface area contributed by atoms with Crippen LogP contribution in [-0.4, -0.2) is 69.8 Å². The average molecular weight is 515 g/mol. The van der Waals surface area contributed by atoms with Gasteiger partial charge in [-0.2, -0.15) is 0 Å². The number of guanidine groups is 1. The minimum Gasteiger partial charge on any atom is -0.355 e. The Morgan fingerprint density at radius 3 is 2.36 bits per heavy atom. The minimum absolute atomic E-state index is 0. The summed E-state index contributed by atoms with van der Waals surface area (Å²) in [6.45, 7) is 3.63. The second kappa shape index (κ2) is 10.6. The van der Waals surface area contributed by atoms with Crippen molar-refractivity contribution in [1.29, 1.82) is 0 Å². The van der Waals surface area contributed by atoms with Gasteiger partial charge in [-0.05, 0) is 24.3 Å². The van der Waals surface area contributed by atoms with Crippen LogP contribution in [0.5, 0.6) is 0 Å². The maximum atomic E-state index is 12.4. The lowest BCUT2D eigenvalue weighted by molar-refractivity contribution is 0.372. The van der Waals surface area contributed by atoms with Gasteiger partial charge in [-0.15, -0.1) is 24.0 Å². The van der Waals surface area contributed by atoms with E-state index in [0.29, 0.717) is 11.4 Å². The first-order valence-corrected chi connectivity index (χ1v) is 10.6. The first kappa shape index (κ1) is 22.4. The van der Waals surface area contributed by atoms with E-state index in [1.165, 1.54) is 0 Å². The van der Waals surface area contributed by atoms with Gasteiger partial charge in [0.25, 0.3) is 0 Å². The zero-order valence-electron chi connectivity index (χ0n) is 15.9. The number of rotatable bonds is 5. The predicted octanol–water partition coefficient (Wildman–Crippen LogP) is 1.87. The molecule has 1 saturated heterocycles. The Balaban J connectivity index is 0.00000280. The molecule has 1 fully saturated rings. The Labute approximate surface area is 183 Å². The van der Waals surface area contributed by atoms with Gasteiger partial charge in [0.1, 0.15) is 5.82 Å². The fourth-order valence-electron chi connectivity index (χ4n) is 3.06. The number of hydrogen-bond acceptors (Lipinski definition) is 5. The van der Waals surface area contributed by atoms with Crippen molar-refractivity contribution in [3.8, 4) is 0 Å². The third-order valence-electron chi connectivity index (χ3n) is 4.52. The normalized spacial score (nSPS) is 15.1. The number of benzene rings is 1. The SMILES string of the molecule is CN=C(NCCS(=O)(=O)c1ccccc1)N1CCN(c2ccccn2)CC1.I. The molecular weight excluding hydrogens is 489 g/mol. The first-order chi connectivity index (χ1) is 13.1. The van der Waals surface area contributed by atoms with Crippen LogP contribution < -0.4 is 10.2 Å². The summed E-state index contributed by atoms with van der Waals surface area (Å²) in [5, 5.41) is 3.18. The number of aliphatic imine (C=N–C) groups is 1. The van der Waals surface area contributed by atoms with Crippen molar-refractivity contribution in [2.24, 2.45) is 4.99 Å². The number of piperazine rings is 1. The second-order valence-corrected chi connectivity index (χ2v) is 8.38. The van der Waals surface area contributed by atoms with Crippen LogP contribution in [0.15, 0.2) is 64.6 Å². The highest BCUT2D eigenvalue weighted by Gasteiger charge is 2.21. The fourth-order valence-corrected chi connectivity index (χ4v) is 4.24. The minimum atomic E-state index is -3.29. The van der Waals surface area contributed by atoms with E-state index in [-0.39, 0.29) is 29.7 Å². The number of pyridine rings is 1. The summed E-state index contributed by atoms with van der Waals surface area (Å²) in [4.78, 5) is 13.4. The smallest absolute Gasteiger partial charge is 0.193 e. The largest absolute Gasteiger partial charge is 0.355 e. The van der Waals surface area contributed by atoms with E-state index >= 15 is 0 Å². The molecule has 0 unspecified atom stereocenters. The number of nitrogens with one attached hydrogen (secondary N) is 1. The van der Waals surface area contributed by atoms with E-state index in [4.69, 9.17) is 0 Å². The molecule has 0 bridgehead atoms. The summed E-state index contributed by atoms with van der Waals surface area (Å²) >= 11 is 0.